The Morgan fingerprint density at radius 1 is 1.28 bits per heavy atom. The second-order valence-corrected chi connectivity index (χ2v) is 5.90. The van der Waals surface area contributed by atoms with Crippen LogP contribution in [0.5, 0.6) is 0 Å². The van der Waals surface area contributed by atoms with Gasteiger partial charge >= 0.3 is 0 Å². The predicted molar refractivity (Wildman–Crippen MR) is 104 cm³/mol. The molecule has 1 amide bonds. The van der Waals surface area contributed by atoms with E-state index in [-0.39, 0.29) is 11.8 Å². The molecular weight excluding hydrogens is 316 g/mol. The Labute approximate surface area is 151 Å². The molecule has 0 heterocycles. The van der Waals surface area contributed by atoms with Crippen LogP contribution in [0.1, 0.15) is 39.2 Å². The number of carbonyl (C=O) groups is 1. The highest BCUT2D eigenvalue weighted by Gasteiger charge is 2.10. The summed E-state index contributed by atoms with van der Waals surface area (Å²) in [5.74, 6) is 0.825. The number of hydrogen-bond donors (Lipinski definition) is 3. The third-order valence-electron chi connectivity index (χ3n) is 3.90. The number of ether oxygens (including phenoxy) is 1. The van der Waals surface area contributed by atoms with Gasteiger partial charge in [-0.3, -0.25) is 9.79 Å². The highest BCUT2D eigenvalue weighted by Crippen LogP contribution is 2.13. The Morgan fingerprint density at radius 2 is 2.08 bits per heavy atom. The molecule has 0 fully saturated rings. The average Bonchev–Trinajstić information content (AvgIpc) is 2.63. The third kappa shape index (κ3) is 8.54. The van der Waals surface area contributed by atoms with Gasteiger partial charge in [0.1, 0.15) is 0 Å². The molecule has 0 saturated carbocycles. The van der Waals surface area contributed by atoms with E-state index in [0.717, 1.165) is 49.8 Å². The topological polar surface area (TPSA) is 74.8 Å². The van der Waals surface area contributed by atoms with Crippen molar-refractivity contribution in [3.63, 3.8) is 0 Å². The zero-order chi connectivity index (χ0) is 18.5. The monoisotopic (exact) mass is 348 g/mol. The van der Waals surface area contributed by atoms with Crippen LogP contribution in [-0.2, 0) is 16.1 Å². The first-order valence-corrected chi connectivity index (χ1v) is 9.02. The van der Waals surface area contributed by atoms with Crippen molar-refractivity contribution >= 4 is 17.6 Å². The van der Waals surface area contributed by atoms with Crippen LogP contribution < -0.4 is 16.0 Å². The van der Waals surface area contributed by atoms with Crippen molar-refractivity contribution < 1.29 is 9.53 Å². The Bertz CT molecular complexity index is 546. The number of aliphatic imine (C=N–C) groups is 1. The van der Waals surface area contributed by atoms with E-state index in [1.54, 1.807) is 7.05 Å². The number of guanidine groups is 1. The lowest BCUT2D eigenvalue weighted by atomic mass is 10.1. The second kappa shape index (κ2) is 12.3. The normalized spacial score (nSPS) is 12.6. The van der Waals surface area contributed by atoms with Crippen LogP contribution >= 0.6 is 0 Å². The summed E-state index contributed by atoms with van der Waals surface area (Å²) in [4.78, 5) is 16.2. The van der Waals surface area contributed by atoms with Crippen LogP contribution in [0.25, 0.3) is 0 Å². The van der Waals surface area contributed by atoms with Crippen molar-refractivity contribution in [3.05, 3.63) is 29.8 Å². The SMILES string of the molecule is CCOCCCNC(=NC)NCc1cccc(NC(=O)C(C)CC)c1. The van der Waals surface area contributed by atoms with Gasteiger partial charge in [-0.1, -0.05) is 26.0 Å². The van der Waals surface area contributed by atoms with Crippen molar-refractivity contribution in [1.82, 2.24) is 10.6 Å². The van der Waals surface area contributed by atoms with E-state index in [0.29, 0.717) is 6.54 Å². The standard InChI is InChI=1S/C19H32N4O2/c1-5-15(3)18(24)23-17-10-7-9-16(13-17)14-22-19(20-4)21-11-8-12-25-6-2/h7,9-10,13,15H,5-6,8,11-12,14H2,1-4H3,(H,23,24)(H2,20,21,22). The molecule has 0 aliphatic rings. The maximum atomic E-state index is 12.0. The maximum Gasteiger partial charge on any atom is 0.227 e. The third-order valence-corrected chi connectivity index (χ3v) is 3.90. The van der Waals surface area contributed by atoms with Crippen molar-refractivity contribution in [1.29, 1.82) is 0 Å². The zero-order valence-corrected chi connectivity index (χ0v) is 15.9. The van der Waals surface area contributed by atoms with Crippen LogP contribution in [0.3, 0.4) is 0 Å². The van der Waals surface area contributed by atoms with Crippen LogP contribution in [0.15, 0.2) is 29.3 Å². The van der Waals surface area contributed by atoms with Gasteiger partial charge in [0.25, 0.3) is 0 Å². The number of hydrogen-bond acceptors (Lipinski definition) is 3. The smallest absolute Gasteiger partial charge is 0.227 e. The molecular formula is C19H32N4O2. The largest absolute Gasteiger partial charge is 0.382 e. The lowest BCUT2D eigenvalue weighted by Crippen LogP contribution is -2.37. The Hall–Kier alpha value is -2.08. The van der Waals surface area contributed by atoms with E-state index in [1.165, 1.54) is 0 Å². The van der Waals surface area contributed by atoms with E-state index in [9.17, 15) is 4.79 Å². The quantitative estimate of drug-likeness (QED) is 0.345. The molecule has 6 heteroatoms. The molecule has 1 rings (SSSR count). The predicted octanol–water partition coefficient (Wildman–Crippen LogP) is 2.76. The Balaban J connectivity index is 2.45. The van der Waals surface area contributed by atoms with Crippen LogP contribution in [-0.4, -0.2) is 38.7 Å². The Morgan fingerprint density at radius 3 is 2.76 bits per heavy atom. The molecule has 140 valence electrons. The molecule has 0 spiro atoms. The molecule has 1 atom stereocenters. The van der Waals surface area contributed by atoms with Crippen LogP contribution in [0, 0.1) is 5.92 Å². The molecule has 0 saturated heterocycles. The maximum absolute atomic E-state index is 12.0. The minimum atomic E-state index is 0.0153. The number of benzene rings is 1. The summed E-state index contributed by atoms with van der Waals surface area (Å²) in [7, 11) is 1.75. The summed E-state index contributed by atoms with van der Waals surface area (Å²) >= 11 is 0. The molecule has 3 N–H and O–H groups in total. The molecule has 1 aromatic rings. The molecule has 25 heavy (non-hydrogen) atoms. The second-order valence-electron chi connectivity index (χ2n) is 5.90. The van der Waals surface area contributed by atoms with Gasteiger partial charge in [-0.15, -0.1) is 0 Å². The van der Waals surface area contributed by atoms with Crippen LogP contribution in [0.4, 0.5) is 5.69 Å². The number of nitrogens with one attached hydrogen (secondary N) is 3. The summed E-state index contributed by atoms with van der Waals surface area (Å²) < 4.78 is 5.31. The lowest BCUT2D eigenvalue weighted by Gasteiger charge is -2.13. The summed E-state index contributed by atoms with van der Waals surface area (Å²) in [5, 5.41) is 9.50. The fraction of sp³-hybridized carbons (Fsp3) is 0.579. The minimum Gasteiger partial charge on any atom is -0.382 e. The molecule has 0 aromatic heterocycles. The van der Waals surface area contributed by atoms with E-state index in [2.05, 4.69) is 20.9 Å². The molecule has 0 aliphatic carbocycles. The van der Waals surface area contributed by atoms with Crippen LogP contribution in [0.2, 0.25) is 0 Å². The van der Waals surface area contributed by atoms with Crippen molar-refractivity contribution in [2.75, 3.05) is 32.1 Å². The first-order valence-electron chi connectivity index (χ1n) is 9.02. The summed E-state index contributed by atoms with van der Waals surface area (Å²) in [6.45, 7) is 8.88. The molecule has 6 nitrogen and oxygen atoms in total. The molecule has 0 bridgehead atoms. The van der Waals surface area contributed by atoms with Gasteiger partial charge < -0.3 is 20.7 Å². The first kappa shape index (κ1) is 21.0. The van der Waals surface area contributed by atoms with Gasteiger partial charge in [-0.05, 0) is 37.5 Å². The Kier molecular flexibility index (Phi) is 10.3. The summed E-state index contributed by atoms with van der Waals surface area (Å²) in [6, 6.07) is 7.86. The van der Waals surface area contributed by atoms with E-state index < -0.39 is 0 Å². The lowest BCUT2D eigenvalue weighted by molar-refractivity contribution is -0.119. The van der Waals surface area contributed by atoms with Gasteiger partial charge in [0.05, 0.1) is 0 Å². The number of rotatable bonds is 10. The zero-order valence-electron chi connectivity index (χ0n) is 15.9. The van der Waals surface area contributed by atoms with E-state index in [4.69, 9.17) is 4.74 Å². The number of anilines is 1. The summed E-state index contributed by atoms with van der Waals surface area (Å²) in [6.07, 6.45) is 1.77. The summed E-state index contributed by atoms with van der Waals surface area (Å²) in [5.41, 5.74) is 1.91. The molecule has 0 aliphatic heterocycles. The number of carbonyl (C=O) groups excluding carboxylic acids is 1. The van der Waals surface area contributed by atoms with Gasteiger partial charge in [0, 0.05) is 45.0 Å². The van der Waals surface area contributed by atoms with Gasteiger partial charge in [0.15, 0.2) is 5.96 Å². The number of nitrogens with zero attached hydrogens (tertiary/aromatic N) is 1. The fourth-order valence-corrected chi connectivity index (χ4v) is 2.14. The minimum absolute atomic E-state index is 0.0153. The highest BCUT2D eigenvalue weighted by molar-refractivity contribution is 5.92. The first-order chi connectivity index (χ1) is 12.1. The highest BCUT2D eigenvalue weighted by atomic mass is 16.5. The van der Waals surface area contributed by atoms with Crippen molar-refractivity contribution in [3.8, 4) is 0 Å². The van der Waals surface area contributed by atoms with Crippen molar-refractivity contribution in [2.45, 2.75) is 40.2 Å². The van der Waals surface area contributed by atoms with E-state index >= 15 is 0 Å². The van der Waals surface area contributed by atoms with E-state index in [1.807, 2.05) is 45.0 Å². The van der Waals surface area contributed by atoms with Gasteiger partial charge in [0.2, 0.25) is 5.91 Å². The molecule has 1 aromatic carbocycles. The molecule has 0 radical (unpaired) electrons. The van der Waals surface area contributed by atoms with Crippen molar-refractivity contribution in [2.24, 2.45) is 10.9 Å². The van der Waals surface area contributed by atoms with Gasteiger partial charge in [-0.2, -0.15) is 0 Å². The fourth-order valence-electron chi connectivity index (χ4n) is 2.14. The van der Waals surface area contributed by atoms with Gasteiger partial charge in [-0.25, -0.2) is 0 Å². The average molecular weight is 348 g/mol. The number of amides is 1. The molecule has 1 unspecified atom stereocenters.